The Hall–Kier alpha value is -2.38. The van der Waals surface area contributed by atoms with E-state index in [0.717, 1.165) is 16.8 Å². The number of halogens is 2. The number of amides is 1. The van der Waals surface area contributed by atoms with E-state index in [2.05, 4.69) is 20.8 Å². The van der Waals surface area contributed by atoms with E-state index in [9.17, 15) is 9.18 Å². The van der Waals surface area contributed by atoms with Crippen LogP contribution in [0.3, 0.4) is 0 Å². The lowest BCUT2D eigenvalue weighted by Crippen LogP contribution is -2.26. The summed E-state index contributed by atoms with van der Waals surface area (Å²) in [5, 5.41) is 8.31. The van der Waals surface area contributed by atoms with Crippen LogP contribution >= 0.6 is 23.4 Å². The summed E-state index contributed by atoms with van der Waals surface area (Å²) in [6, 6.07) is 8.69. The van der Waals surface area contributed by atoms with Gasteiger partial charge in [0, 0.05) is 28.4 Å². The van der Waals surface area contributed by atoms with Crippen LogP contribution in [0.2, 0.25) is 5.02 Å². The van der Waals surface area contributed by atoms with Crippen molar-refractivity contribution in [2.75, 3.05) is 11.1 Å². The van der Waals surface area contributed by atoms with Crippen molar-refractivity contribution in [2.24, 2.45) is 10.1 Å². The molecule has 0 unspecified atom stereocenters. The van der Waals surface area contributed by atoms with Crippen molar-refractivity contribution in [3.05, 3.63) is 57.9 Å². The third-order valence-corrected chi connectivity index (χ3v) is 5.78. The molecule has 5 nitrogen and oxygen atoms in total. The number of carbonyl (C=O) groups is 1. The smallest absolute Gasteiger partial charge is 0.224 e. The molecule has 0 spiro atoms. The van der Waals surface area contributed by atoms with E-state index < -0.39 is 5.82 Å². The molecule has 2 aliphatic heterocycles. The first-order valence-corrected chi connectivity index (χ1v) is 9.79. The molecule has 2 N–H and O–H groups in total. The fraction of sp³-hybridized carbons (Fsp3) is 0.211. The zero-order valence-electron chi connectivity index (χ0n) is 14.5. The normalized spacial score (nSPS) is 17.8. The second-order valence-electron chi connectivity index (χ2n) is 6.30. The molecule has 0 aliphatic carbocycles. The minimum absolute atomic E-state index is 0.0842. The van der Waals surface area contributed by atoms with Crippen molar-refractivity contribution >= 4 is 51.5 Å². The maximum absolute atomic E-state index is 14.5. The van der Waals surface area contributed by atoms with Gasteiger partial charge in [0.15, 0.2) is 5.17 Å². The Bertz CT molecular complexity index is 1010. The molecule has 0 atom stereocenters. The lowest BCUT2D eigenvalue weighted by Gasteiger charge is -2.20. The quantitative estimate of drug-likeness (QED) is 0.782. The summed E-state index contributed by atoms with van der Waals surface area (Å²) in [5.41, 5.74) is 7.09. The van der Waals surface area contributed by atoms with Crippen LogP contribution in [0.1, 0.15) is 23.1 Å². The van der Waals surface area contributed by atoms with Crippen molar-refractivity contribution in [1.29, 1.82) is 0 Å². The second-order valence-corrected chi connectivity index (χ2v) is 7.67. The first-order chi connectivity index (χ1) is 13.0. The molecule has 2 heterocycles. The largest absolute Gasteiger partial charge is 0.326 e. The highest BCUT2D eigenvalue weighted by Crippen LogP contribution is 2.29. The van der Waals surface area contributed by atoms with Crippen molar-refractivity contribution in [3.8, 4) is 0 Å². The summed E-state index contributed by atoms with van der Waals surface area (Å²) < 4.78 is 14.5. The van der Waals surface area contributed by atoms with Gasteiger partial charge in [-0.05, 0) is 48.7 Å². The Morgan fingerprint density at radius 1 is 1.30 bits per heavy atom. The molecule has 27 heavy (non-hydrogen) atoms. The number of anilines is 1. The third kappa shape index (κ3) is 3.70. The lowest BCUT2D eigenvalue weighted by molar-refractivity contribution is -0.116. The van der Waals surface area contributed by atoms with Crippen LogP contribution in [0.25, 0.3) is 0 Å². The SMILES string of the molecule is Cc1c(Cl)cccc1N=C1NN=C(c2cc3c(cc2F)NC(=O)CC3)CS1. The van der Waals surface area contributed by atoms with Crippen molar-refractivity contribution < 1.29 is 9.18 Å². The Labute approximate surface area is 165 Å². The van der Waals surface area contributed by atoms with Crippen molar-refractivity contribution in [2.45, 2.75) is 19.8 Å². The van der Waals surface area contributed by atoms with Gasteiger partial charge in [-0.25, -0.2) is 9.38 Å². The number of rotatable bonds is 2. The summed E-state index contributed by atoms with van der Waals surface area (Å²) in [4.78, 5) is 16.0. The van der Waals surface area contributed by atoms with Gasteiger partial charge in [0.25, 0.3) is 0 Å². The summed E-state index contributed by atoms with van der Waals surface area (Å²) >= 11 is 7.58. The number of nitrogens with zero attached hydrogens (tertiary/aromatic N) is 2. The molecule has 0 saturated heterocycles. The second kappa shape index (κ2) is 7.32. The van der Waals surface area contributed by atoms with Crippen LogP contribution in [0, 0.1) is 12.7 Å². The number of nitrogens with one attached hydrogen (secondary N) is 2. The molecule has 0 fully saturated rings. The topological polar surface area (TPSA) is 65.8 Å². The average Bonchev–Trinajstić information content (AvgIpc) is 2.65. The van der Waals surface area contributed by atoms with Gasteiger partial charge in [0.2, 0.25) is 5.91 Å². The molecule has 8 heteroatoms. The summed E-state index contributed by atoms with van der Waals surface area (Å²) in [6.07, 6.45) is 1.01. The highest BCUT2D eigenvalue weighted by Gasteiger charge is 2.22. The monoisotopic (exact) mass is 402 g/mol. The molecule has 2 aromatic rings. The number of aliphatic imine (C=N–C) groups is 1. The Morgan fingerprint density at radius 3 is 2.93 bits per heavy atom. The van der Waals surface area contributed by atoms with E-state index in [1.807, 2.05) is 25.1 Å². The number of hydrazone groups is 1. The number of amidine groups is 1. The van der Waals surface area contributed by atoms with Gasteiger partial charge in [-0.1, -0.05) is 29.4 Å². The molecule has 0 aromatic heterocycles. The molecular formula is C19H16ClFN4OS. The standard InChI is InChI=1S/C19H16ClFN4OS/c1-10-13(20)3-2-4-15(10)23-19-25-24-17(9-27-19)12-7-11-5-6-18(26)22-16(11)8-14(12)21/h2-4,7-8H,5-6,9H2,1H3,(H,22,26)(H,23,25). The predicted molar refractivity (Wildman–Crippen MR) is 109 cm³/mol. The number of hydrogen-bond donors (Lipinski definition) is 2. The molecule has 0 bridgehead atoms. The molecule has 2 aromatic carbocycles. The number of hydrogen-bond acceptors (Lipinski definition) is 4. The minimum atomic E-state index is -0.400. The minimum Gasteiger partial charge on any atom is -0.326 e. The highest BCUT2D eigenvalue weighted by atomic mass is 35.5. The summed E-state index contributed by atoms with van der Waals surface area (Å²) in [7, 11) is 0. The number of aryl methyl sites for hydroxylation is 1. The fourth-order valence-corrected chi connectivity index (χ4v) is 3.90. The van der Waals surface area contributed by atoms with E-state index in [1.165, 1.54) is 17.8 Å². The number of thioether (sulfide) groups is 1. The molecule has 0 radical (unpaired) electrons. The molecule has 4 rings (SSSR count). The molecule has 138 valence electrons. The number of fused-ring (bicyclic) bond motifs is 1. The number of carbonyl (C=O) groups excluding carboxylic acids is 1. The van der Waals surface area contributed by atoms with Crippen LogP contribution in [-0.4, -0.2) is 22.5 Å². The Morgan fingerprint density at radius 2 is 2.15 bits per heavy atom. The van der Waals surface area contributed by atoms with Gasteiger partial charge >= 0.3 is 0 Å². The fourth-order valence-electron chi connectivity index (χ4n) is 2.96. The Kier molecular flexibility index (Phi) is 4.88. The van der Waals surface area contributed by atoms with E-state index in [0.29, 0.717) is 45.7 Å². The molecule has 2 aliphatic rings. The van der Waals surface area contributed by atoms with Gasteiger partial charge in [-0.3, -0.25) is 10.2 Å². The van der Waals surface area contributed by atoms with E-state index in [-0.39, 0.29) is 5.91 Å². The van der Waals surface area contributed by atoms with E-state index >= 15 is 0 Å². The average molecular weight is 403 g/mol. The van der Waals surface area contributed by atoms with E-state index in [1.54, 1.807) is 6.07 Å². The molecule has 1 amide bonds. The van der Waals surface area contributed by atoms with Crippen LogP contribution in [0.15, 0.2) is 40.4 Å². The lowest BCUT2D eigenvalue weighted by atomic mass is 9.98. The van der Waals surface area contributed by atoms with Gasteiger partial charge in [0.05, 0.1) is 11.4 Å². The van der Waals surface area contributed by atoms with Crippen LogP contribution in [-0.2, 0) is 11.2 Å². The number of benzene rings is 2. The first-order valence-electron chi connectivity index (χ1n) is 8.43. The summed E-state index contributed by atoms with van der Waals surface area (Å²) in [6.45, 7) is 1.91. The summed E-state index contributed by atoms with van der Waals surface area (Å²) in [5.74, 6) is 0.00950. The highest BCUT2D eigenvalue weighted by molar-refractivity contribution is 8.14. The van der Waals surface area contributed by atoms with E-state index in [4.69, 9.17) is 11.6 Å². The first kappa shape index (κ1) is 18.0. The zero-order chi connectivity index (χ0) is 19.0. The van der Waals surface area contributed by atoms with Crippen molar-refractivity contribution in [1.82, 2.24) is 5.43 Å². The van der Waals surface area contributed by atoms with Crippen molar-refractivity contribution in [3.63, 3.8) is 0 Å². The Balaban J connectivity index is 1.58. The van der Waals surface area contributed by atoms with Gasteiger partial charge in [-0.15, -0.1) is 0 Å². The van der Waals surface area contributed by atoms with Crippen LogP contribution in [0.5, 0.6) is 0 Å². The molecule has 0 saturated carbocycles. The van der Waals surface area contributed by atoms with Crippen LogP contribution < -0.4 is 10.7 Å². The molecular weight excluding hydrogens is 387 g/mol. The maximum Gasteiger partial charge on any atom is 0.224 e. The zero-order valence-corrected chi connectivity index (χ0v) is 16.0. The van der Waals surface area contributed by atoms with Crippen LogP contribution in [0.4, 0.5) is 15.8 Å². The predicted octanol–water partition coefficient (Wildman–Crippen LogP) is 4.40. The van der Waals surface area contributed by atoms with Gasteiger partial charge < -0.3 is 5.32 Å². The maximum atomic E-state index is 14.5. The van der Waals surface area contributed by atoms with Gasteiger partial charge in [-0.2, -0.15) is 5.10 Å². The van der Waals surface area contributed by atoms with Gasteiger partial charge in [0.1, 0.15) is 5.82 Å². The third-order valence-electron chi connectivity index (χ3n) is 4.49.